The van der Waals surface area contributed by atoms with E-state index in [9.17, 15) is 13.6 Å². The first-order chi connectivity index (χ1) is 16.0. The molecule has 33 heavy (non-hydrogen) atoms. The van der Waals surface area contributed by atoms with E-state index in [4.69, 9.17) is 4.74 Å². The van der Waals surface area contributed by atoms with E-state index in [1.54, 1.807) is 7.11 Å². The minimum Gasteiger partial charge on any atom is -0.496 e. The Morgan fingerprint density at radius 3 is 2.42 bits per heavy atom. The van der Waals surface area contributed by atoms with Crippen LogP contribution in [0.4, 0.5) is 8.78 Å². The summed E-state index contributed by atoms with van der Waals surface area (Å²) in [4.78, 5) is 14.9. The molecule has 2 aliphatic rings. The van der Waals surface area contributed by atoms with Crippen LogP contribution in [0.2, 0.25) is 0 Å². The Labute approximate surface area is 194 Å². The van der Waals surface area contributed by atoms with E-state index in [2.05, 4.69) is 22.3 Å². The summed E-state index contributed by atoms with van der Waals surface area (Å²) in [7, 11) is 1.74. The number of para-hydroxylation sites is 1. The van der Waals surface area contributed by atoms with Crippen molar-refractivity contribution in [3.8, 4) is 5.75 Å². The molecule has 1 amide bonds. The van der Waals surface area contributed by atoms with Gasteiger partial charge in [-0.25, -0.2) is 8.78 Å². The van der Waals surface area contributed by atoms with Crippen molar-refractivity contribution in [2.24, 2.45) is 0 Å². The third-order valence-corrected chi connectivity index (χ3v) is 7.04. The lowest BCUT2D eigenvalue weighted by molar-refractivity contribution is -0.117. The molecule has 0 aromatic heterocycles. The van der Waals surface area contributed by atoms with Crippen molar-refractivity contribution in [1.82, 2.24) is 10.2 Å². The quantitative estimate of drug-likeness (QED) is 0.603. The highest BCUT2D eigenvalue weighted by Gasteiger charge is 2.30. The number of benzene rings is 2. The minimum absolute atomic E-state index is 0.162. The number of piperidine rings is 1. The fourth-order valence-electron chi connectivity index (χ4n) is 5.20. The van der Waals surface area contributed by atoms with Crippen LogP contribution >= 0.6 is 0 Å². The van der Waals surface area contributed by atoms with Crippen LogP contribution in [-0.4, -0.2) is 43.1 Å². The second-order valence-electron chi connectivity index (χ2n) is 9.07. The lowest BCUT2D eigenvalue weighted by Gasteiger charge is -2.41. The fourth-order valence-corrected chi connectivity index (χ4v) is 5.20. The number of amides is 1. The number of nitrogens with one attached hydrogen (secondary N) is 1. The molecule has 6 heteroatoms. The number of nitrogens with zero attached hydrogens (tertiary/aromatic N) is 1. The molecule has 1 aliphatic carbocycles. The highest BCUT2D eigenvalue weighted by Crippen LogP contribution is 2.36. The van der Waals surface area contributed by atoms with Gasteiger partial charge in [0.1, 0.15) is 5.75 Å². The number of halogens is 2. The highest BCUT2D eigenvalue weighted by molar-refractivity contribution is 5.91. The fraction of sp³-hybridized carbons (Fsp3) is 0.444. The molecular formula is C27H32F2N2O2. The lowest BCUT2D eigenvalue weighted by atomic mass is 9.85. The van der Waals surface area contributed by atoms with Crippen molar-refractivity contribution in [2.45, 2.75) is 56.5 Å². The van der Waals surface area contributed by atoms with Crippen molar-refractivity contribution in [1.29, 1.82) is 0 Å². The average molecular weight is 455 g/mol. The molecular weight excluding hydrogens is 422 g/mol. The van der Waals surface area contributed by atoms with Crippen LogP contribution in [0.1, 0.15) is 55.6 Å². The first-order valence-corrected chi connectivity index (χ1v) is 11.8. The molecule has 2 fully saturated rings. The first kappa shape index (κ1) is 23.4. The standard InChI is InChI=1S/C27H32F2N2O2/c1-33-26-5-3-2-4-23(26)20-14-16-31(17-15-20)22-10-8-21(9-11-22)30-27(32)13-7-19-6-12-24(28)25(29)18-19/h2-7,12-13,18,20-22H,8-11,14-17H2,1H3,(H,30,32)/b13-7+. The molecule has 4 rings (SSSR count). The molecule has 0 spiro atoms. The zero-order valence-corrected chi connectivity index (χ0v) is 19.1. The summed E-state index contributed by atoms with van der Waals surface area (Å²) in [6, 6.07) is 12.7. The van der Waals surface area contributed by atoms with E-state index in [1.165, 1.54) is 23.8 Å². The van der Waals surface area contributed by atoms with Crippen LogP contribution in [-0.2, 0) is 4.79 Å². The summed E-state index contributed by atoms with van der Waals surface area (Å²) >= 11 is 0. The number of rotatable bonds is 6. The number of likely N-dealkylation sites (tertiary alicyclic amines) is 1. The van der Waals surface area contributed by atoms with Gasteiger partial charge in [0.05, 0.1) is 7.11 Å². The maximum Gasteiger partial charge on any atom is 0.244 e. The largest absolute Gasteiger partial charge is 0.496 e. The number of methoxy groups -OCH3 is 1. The molecule has 176 valence electrons. The van der Waals surface area contributed by atoms with Crippen molar-refractivity contribution < 1.29 is 18.3 Å². The normalized spacial score (nSPS) is 22.4. The molecule has 1 aliphatic heterocycles. The number of carbonyl (C=O) groups is 1. The second-order valence-corrected chi connectivity index (χ2v) is 9.07. The lowest BCUT2D eigenvalue weighted by Crippen LogP contribution is -2.46. The van der Waals surface area contributed by atoms with Gasteiger partial charge < -0.3 is 15.0 Å². The molecule has 1 saturated carbocycles. The summed E-state index contributed by atoms with van der Waals surface area (Å²) < 4.78 is 31.9. The molecule has 2 aromatic carbocycles. The van der Waals surface area contributed by atoms with Gasteiger partial charge in [0.2, 0.25) is 5.91 Å². The molecule has 0 atom stereocenters. The molecule has 2 aromatic rings. The molecule has 4 nitrogen and oxygen atoms in total. The number of carbonyl (C=O) groups excluding carboxylic acids is 1. The van der Waals surface area contributed by atoms with E-state index in [-0.39, 0.29) is 11.9 Å². The van der Waals surface area contributed by atoms with E-state index in [1.807, 2.05) is 12.1 Å². The summed E-state index contributed by atoms with van der Waals surface area (Å²) in [5, 5.41) is 3.05. The van der Waals surface area contributed by atoms with E-state index < -0.39 is 11.6 Å². The van der Waals surface area contributed by atoms with Gasteiger partial charge in [-0.3, -0.25) is 4.79 Å². The van der Waals surface area contributed by atoms with Crippen molar-refractivity contribution >= 4 is 12.0 Å². The van der Waals surface area contributed by atoms with Crippen molar-refractivity contribution in [3.05, 3.63) is 71.3 Å². The molecule has 1 heterocycles. The first-order valence-electron chi connectivity index (χ1n) is 11.8. The van der Waals surface area contributed by atoms with Crippen LogP contribution in [0.5, 0.6) is 5.75 Å². The zero-order valence-electron chi connectivity index (χ0n) is 19.1. The maximum atomic E-state index is 13.3. The zero-order chi connectivity index (χ0) is 23.2. The van der Waals surface area contributed by atoms with Gasteiger partial charge in [-0.05, 0) is 92.9 Å². The van der Waals surface area contributed by atoms with Crippen molar-refractivity contribution in [2.75, 3.05) is 20.2 Å². The van der Waals surface area contributed by atoms with Crippen LogP contribution in [0.25, 0.3) is 6.08 Å². The van der Waals surface area contributed by atoms with Crippen LogP contribution in [0.15, 0.2) is 48.5 Å². The van der Waals surface area contributed by atoms with E-state index in [0.717, 1.165) is 69.5 Å². The summed E-state index contributed by atoms with van der Waals surface area (Å²) in [6.07, 6.45) is 9.27. The predicted molar refractivity (Wildman–Crippen MR) is 126 cm³/mol. The Bertz CT molecular complexity index is 978. The van der Waals surface area contributed by atoms with Gasteiger partial charge in [-0.2, -0.15) is 0 Å². The maximum absolute atomic E-state index is 13.3. The topological polar surface area (TPSA) is 41.6 Å². The molecule has 0 radical (unpaired) electrons. The van der Waals surface area contributed by atoms with Gasteiger partial charge in [-0.1, -0.05) is 24.3 Å². The Kier molecular flexibility index (Phi) is 7.76. The van der Waals surface area contributed by atoms with Crippen LogP contribution < -0.4 is 10.1 Å². The number of ether oxygens (including phenoxy) is 1. The number of hydrogen-bond donors (Lipinski definition) is 1. The molecule has 1 saturated heterocycles. The number of hydrogen-bond acceptors (Lipinski definition) is 3. The molecule has 1 N–H and O–H groups in total. The van der Waals surface area contributed by atoms with Gasteiger partial charge in [0.25, 0.3) is 0 Å². The second kappa shape index (κ2) is 10.9. The van der Waals surface area contributed by atoms with E-state index >= 15 is 0 Å². The van der Waals surface area contributed by atoms with E-state index in [0.29, 0.717) is 17.5 Å². The van der Waals surface area contributed by atoms with Crippen LogP contribution in [0, 0.1) is 11.6 Å². The minimum atomic E-state index is -0.914. The predicted octanol–water partition coefficient (Wildman–Crippen LogP) is 5.29. The Morgan fingerprint density at radius 2 is 1.73 bits per heavy atom. The van der Waals surface area contributed by atoms with Gasteiger partial charge in [0.15, 0.2) is 11.6 Å². The SMILES string of the molecule is COc1ccccc1C1CCN(C2CCC(NC(=O)/C=C/c3ccc(F)c(F)c3)CC2)CC1. The summed E-state index contributed by atoms with van der Waals surface area (Å²) in [5.74, 6) is -0.457. The smallest absolute Gasteiger partial charge is 0.244 e. The van der Waals surface area contributed by atoms with Crippen molar-refractivity contribution in [3.63, 3.8) is 0 Å². The van der Waals surface area contributed by atoms with Gasteiger partial charge in [-0.15, -0.1) is 0 Å². The highest BCUT2D eigenvalue weighted by atomic mass is 19.2. The summed E-state index contributed by atoms with van der Waals surface area (Å²) in [6.45, 7) is 2.20. The average Bonchev–Trinajstić information content (AvgIpc) is 2.85. The monoisotopic (exact) mass is 454 g/mol. The van der Waals surface area contributed by atoms with Gasteiger partial charge in [0, 0.05) is 18.2 Å². The van der Waals surface area contributed by atoms with Crippen LogP contribution in [0.3, 0.4) is 0 Å². The molecule has 0 unspecified atom stereocenters. The third kappa shape index (κ3) is 5.99. The molecule has 0 bridgehead atoms. The Hall–Kier alpha value is -2.73. The Balaban J connectivity index is 1.21. The third-order valence-electron chi connectivity index (χ3n) is 7.04. The van der Waals surface area contributed by atoms with Gasteiger partial charge >= 0.3 is 0 Å². The Morgan fingerprint density at radius 1 is 1.00 bits per heavy atom. The summed E-state index contributed by atoms with van der Waals surface area (Å²) in [5.41, 5.74) is 1.78.